The van der Waals surface area contributed by atoms with Crippen molar-refractivity contribution in [2.75, 3.05) is 0 Å². The standard InChI is InChI=1S/C12H13BrN2O/c13-9-4-5-10-14-11(16)12(15(10)8-9)6-2-1-3-7-12/h4-5,8H,1-3,6-7H2. The van der Waals surface area contributed by atoms with Crippen LogP contribution in [0, 0.1) is 0 Å². The van der Waals surface area contributed by atoms with Crippen molar-refractivity contribution in [3.8, 4) is 0 Å². The zero-order valence-corrected chi connectivity index (χ0v) is 10.5. The molecule has 16 heavy (non-hydrogen) atoms. The predicted octanol–water partition coefficient (Wildman–Crippen LogP) is 2.74. The summed E-state index contributed by atoms with van der Waals surface area (Å²) in [4.78, 5) is 18.4. The predicted molar refractivity (Wildman–Crippen MR) is 66.2 cm³/mol. The third kappa shape index (κ3) is 1.32. The number of hydrogen-bond donors (Lipinski definition) is 0. The molecular formula is C12H13BrN2O. The number of fused-ring (bicyclic) bond motifs is 2. The van der Waals surface area contributed by atoms with E-state index in [1.165, 1.54) is 6.42 Å². The van der Waals surface area contributed by atoms with Crippen molar-refractivity contribution in [1.29, 1.82) is 0 Å². The summed E-state index contributed by atoms with van der Waals surface area (Å²) in [5.41, 5.74) is -0.364. The van der Waals surface area contributed by atoms with Crippen LogP contribution in [0.2, 0.25) is 0 Å². The van der Waals surface area contributed by atoms with Crippen LogP contribution < -0.4 is 0 Å². The second kappa shape index (κ2) is 3.55. The Labute approximate surface area is 103 Å². The maximum atomic E-state index is 12.1. The molecule has 3 nitrogen and oxygen atoms in total. The van der Waals surface area contributed by atoms with Gasteiger partial charge in [0.2, 0.25) is 0 Å². The molecule has 0 radical (unpaired) electrons. The van der Waals surface area contributed by atoms with Gasteiger partial charge in [-0.25, -0.2) is 0 Å². The van der Waals surface area contributed by atoms with E-state index in [0.717, 1.165) is 36.0 Å². The summed E-state index contributed by atoms with van der Waals surface area (Å²) in [7, 11) is 0. The van der Waals surface area contributed by atoms with Gasteiger partial charge in [-0.2, -0.15) is 4.99 Å². The van der Waals surface area contributed by atoms with Crippen molar-refractivity contribution in [2.45, 2.75) is 37.6 Å². The van der Waals surface area contributed by atoms with E-state index in [1.807, 2.05) is 18.4 Å². The van der Waals surface area contributed by atoms with Crippen molar-refractivity contribution in [3.63, 3.8) is 0 Å². The first-order valence-electron chi connectivity index (χ1n) is 5.70. The molecular weight excluding hydrogens is 268 g/mol. The quantitative estimate of drug-likeness (QED) is 0.684. The molecule has 2 heterocycles. The van der Waals surface area contributed by atoms with Crippen molar-refractivity contribution in [3.05, 3.63) is 22.8 Å². The molecule has 0 bridgehead atoms. The molecule has 4 heteroatoms. The van der Waals surface area contributed by atoms with E-state index in [4.69, 9.17) is 0 Å². The van der Waals surface area contributed by atoms with Crippen LogP contribution >= 0.6 is 15.9 Å². The molecule has 3 aliphatic rings. The fourth-order valence-corrected chi connectivity index (χ4v) is 3.14. The highest BCUT2D eigenvalue weighted by molar-refractivity contribution is 9.11. The van der Waals surface area contributed by atoms with Crippen LogP contribution in [0.25, 0.3) is 0 Å². The summed E-state index contributed by atoms with van der Waals surface area (Å²) >= 11 is 3.46. The van der Waals surface area contributed by atoms with Gasteiger partial charge in [0.25, 0.3) is 5.91 Å². The molecule has 0 unspecified atom stereocenters. The van der Waals surface area contributed by atoms with Gasteiger partial charge in [-0.05, 0) is 40.9 Å². The van der Waals surface area contributed by atoms with Crippen molar-refractivity contribution in [1.82, 2.24) is 4.90 Å². The lowest BCUT2D eigenvalue weighted by atomic mass is 9.80. The van der Waals surface area contributed by atoms with E-state index >= 15 is 0 Å². The molecule has 0 saturated heterocycles. The fourth-order valence-electron chi connectivity index (χ4n) is 2.80. The van der Waals surface area contributed by atoms with E-state index in [1.54, 1.807) is 0 Å². The highest BCUT2D eigenvalue weighted by Crippen LogP contribution is 2.40. The molecule has 0 aromatic heterocycles. The molecule has 0 N–H and O–H groups in total. The van der Waals surface area contributed by atoms with Gasteiger partial charge in [-0.15, -0.1) is 0 Å². The number of carbonyl (C=O) groups excluding carboxylic acids is 1. The van der Waals surface area contributed by atoms with Crippen molar-refractivity contribution >= 4 is 27.7 Å². The van der Waals surface area contributed by atoms with E-state index in [0.29, 0.717) is 0 Å². The van der Waals surface area contributed by atoms with Crippen LogP contribution in [0.3, 0.4) is 0 Å². The number of aliphatic imine (C=N–C) groups is 1. The van der Waals surface area contributed by atoms with Gasteiger partial charge in [0.15, 0.2) is 0 Å². The number of amidine groups is 1. The summed E-state index contributed by atoms with van der Waals surface area (Å²) in [5, 5.41) is 0. The Hall–Kier alpha value is -0.900. The maximum absolute atomic E-state index is 12.1. The Bertz CT molecular complexity index is 430. The van der Waals surface area contributed by atoms with E-state index < -0.39 is 0 Å². The molecule has 0 atom stereocenters. The van der Waals surface area contributed by atoms with Crippen molar-refractivity contribution in [2.24, 2.45) is 4.99 Å². The van der Waals surface area contributed by atoms with Crippen LogP contribution in [-0.2, 0) is 4.79 Å². The van der Waals surface area contributed by atoms with Crippen molar-refractivity contribution < 1.29 is 4.79 Å². The molecule has 1 spiro atoms. The highest BCUT2D eigenvalue weighted by Gasteiger charge is 2.49. The van der Waals surface area contributed by atoms with Gasteiger partial charge >= 0.3 is 0 Å². The van der Waals surface area contributed by atoms with Gasteiger partial charge in [0.05, 0.1) is 0 Å². The molecule has 84 valence electrons. The molecule has 1 fully saturated rings. The average Bonchev–Trinajstić information content (AvgIpc) is 2.55. The number of rotatable bonds is 0. The number of allylic oxidation sites excluding steroid dienone is 2. The Morgan fingerprint density at radius 3 is 2.75 bits per heavy atom. The first-order valence-corrected chi connectivity index (χ1v) is 6.50. The third-order valence-corrected chi connectivity index (χ3v) is 4.12. The SMILES string of the molecule is O=C1N=C2C=CC(Br)=CN2C12CCCCC2. The number of nitrogens with zero attached hydrogens (tertiary/aromatic N) is 2. The van der Waals surface area contributed by atoms with Crippen LogP contribution in [0.4, 0.5) is 0 Å². The first kappa shape index (κ1) is 10.3. The third-order valence-electron chi connectivity index (χ3n) is 3.65. The number of halogens is 1. The molecule has 1 saturated carbocycles. The largest absolute Gasteiger partial charge is 0.316 e. The number of amides is 1. The van der Waals surface area contributed by atoms with Gasteiger partial charge in [-0.1, -0.05) is 19.3 Å². The van der Waals surface area contributed by atoms with Gasteiger partial charge in [0.1, 0.15) is 11.4 Å². The molecule has 0 aromatic rings. The summed E-state index contributed by atoms with van der Waals surface area (Å²) in [6.07, 6.45) is 11.2. The lowest BCUT2D eigenvalue weighted by molar-refractivity contribution is -0.126. The smallest absolute Gasteiger partial charge is 0.273 e. The van der Waals surface area contributed by atoms with Crippen LogP contribution in [0.1, 0.15) is 32.1 Å². The first-order chi connectivity index (χ1) is 7.72. The number of hydrogen-bond acceptors (Lipinski definition) is 2. The van der Waals surface area contributed by atoms with E-state index in [2.05, 4.69) is 25.8 Å². The minimum atomic E-state index is -0.364. The Morgan fingerprint density at radius 1 is 1.25 bits per heavy atom. The maximum Gasteiger partial charge on any atom is 0.273 e. The topological polar surface area (TPSA) is 32.7 Å². The molecule has 1 amide bonds. The second-order valence-electron chi connectivity index (χ2n) is 4.58. The normalized spacial score (nSPS) is 26.8. The van der Waals surface area contributed by atoms with Gasteiger partial charge < -0.3 is 4.90 Å². The van der Waals surface area contributed by atoms with Gasteiger partial charge in [-0.3, -0.25) is 4.79 Å². The number of carbonyl (C=O) groups is 1. The zero-order valence-electron chi connectivity index (χ0n) is 8.95. The Kier molecular flexibility index (Phi) is 2.28. The average molecular weight is 281 g/mol. The summed E-state index contributed by atoms with van der Waals surface area (Å²) in [6.45, 7) is 0. The molecule has 1 aliphatic carbocycles. The van der Waals surface area contributed by atoms with Crippen LogP contribution in [0.5, 0.6) is 0 Å². The zero-order chi connectivity index (χ0) is 11.2. The lowest BCUT2D eigenvalue weighted by Gasteiger charge is -2.39. The molecule has 3 rings (SSSR count). The Balaban J connectivity index is 2.02. The van der Waals surface area contributed by atoms with Crippen LogP contribution in [-0.4, -0.2) is 22.2 Å². The Morgan fingerprint density at radius 2 is 2.00 bits per heavy atom. The minimum Gasteiger partial charge on any atom is -0.316 e. The van der Waals surface area contributed by atoms with Gasteiger partial charge in [0, 0.05) is 10.7 Å². The fraction of sp³-hybridized carbons (Fsp3) is 0.500. The minimum absolute atomic E-state index is 0.0466. The second-order valence-corrected chi connectivity index (χ2v) is 5.50. The van der Waals surface area contributed by atoms with Crippen LogP contribution in [0.15, 0.2) is 27.8 Å². The monoisotopic (exact) mass is 280 g/mol. The molecule has 2 aliphatic heterocycles. The van der Waals surface area contributed by atoms with E-state index in [9.17, 15) is 4.79 Å². The summed E-state index contributed by atoms with van der Waals surface area (Å²) in [5.74, 6) is 0.848. The lowest BCUT2D eigenvalue weighted by Crippen LogP contribution is -2.50. The highest BCUT2D eigenvalue weighted by atomic mass is 79.9. The van der Waals surface area contributed by atoms with E-state index in [-0.39, 0.29) is 11.4 Å². The summed E-state index contributed by atoms with van der Waals surface area (Å²) < 4.78 is 1.01. The molecule has 0 aromatic carbocycles. The summed E-state index contributed by atoms with van der Waals surface area (Å²) in [6, 6.07) is 0.